The second-order valence-electron chi connectivity index (χ2n) is 8.35. The van der Waals surface area contributed by atoms with E-state index < -0.39 is 17.9 Å². The van der Waals surface area contributed by atoms with E-state index in [1.165, 1.54) is 6.34 Å². The number of nitrogens with one attached hydrogen (secondary N) is 2. The van der Waals surface area contributed by atoms with Crippen LogP contribution in [0.25, 0.3) is 10.8 Å². The molecule has 0 aliphatic carbocycles. The van der Waals surface area contributed by atoms with E-state index in [9.17, 15) is 14.4 Å². The number of hydrazine groups is 1. The lowest BCUT2D eigenvalue weighted by molar-refractivity contribution is -0.139. The van der Waals surface area contributed by atoms with E-state index in [0.717, 1.165) is 21.3 Å². The van der Waals surface area contributed by atoms with Crippen molar-refractivity contribution >= 4 is 40.6 Å². The first-order chi connectivity index (χ1) is 17.0. The number of esters is 1. The van der Waals surface area contributed by atoms with Crippen molar-refractivity contribution in [1.29, 1.82) is 0 Å². The minimum atomic E-state index is -0.525. The molecule has 0 aromatic heterocycles. The lowest BCUT2D eigenvalue weighted by Crippen LogP contribution is -2.52. The fourth-order valence-corrected chi connectivity index (χ4v) is 4.51. The summed E-state index contributed by atoms with van der Waals surface area (Å²) < 4.78 is 5.05. The van der Waals surface area contributed by atoms with Gasteiger partial charge in [-0.1, -0.05) is 54.6 Å². The van der Waals surface area contributed by atoms with Gasteiger partial charge in [0.1, 0.15) is 18.9 Å². The number of hydrogen-bond donors (Lipinski definition) is 2. The summed E-state index contributed by atoms with van der Waals surface area (Å²) in [5.41, 5.74) is 5.05. The van der Waals surface area contributed by atoms with Gasteiger partial charge in [0.2, 0.25) is 5.91 Å². The average molecular weight is 472 g/mol. The molecule has 1 saturated heterocycles. The Hall–Kier alpha value is -4.24. The van der Waals surface area contributed by atoms with E-state index >= 15 is 0 Å². The molecule has 2 atom stereocenters. The Balaban J connectivity index is 1.27. The molecule has 1 fully saturated rings. The van der Waals surface area contributed by atoms with Crippen molar-refractivity contribution in [3.63, 3.8) is 0 Å². The Kier molecular flexibility index (Phi) is 6.15. The molecule has 9 heteroatoms. The highest BCUT2D eigenvalue weighted by Crippen LogP contribution is 2.33. The lowest BCUT2D eigenvalue weighted by Gasteiger charge is -2.29. The predicted octanol–water partition coefficient (Wildman–Crippen LogP) is 3.06. The number of nitrogens with zero attached hydrogens (tertiary/aromatic N) is 3. The zero-order valence-corrected chi connectivity index (χ0v) is 19.2. The quantitative estimate of drug-likeness (QED) is 0.536. The summed E-state index contributed by atoms with van der Waals surface area (Å²) in [5.74, 6) is -1.25. The van der Waals surface area contributed by atoms with E-state index in [0.29, 0.717) is 12.1 Å². The Morgan fingerprint density at radius 2 is 1.86 bits per heavy atom. The van der Waals surface area contributed by atoms with Crippen molar-refractivity contribution < 1.29 is 19.1 Å². The number of hydrazone groups is 1. The number of para-hydroxylation sites is 1. The molecule has 2 N–H and O–H groups in total. The van der Waals surface area contributed by atoms with Gasteiger partial charge in [0.15, 0.2) is 0 Å². The van der Waals surface area contributed by atoms with Gasteiger partial charge >= 0.3 is 5.97 Å². The number of ether oxygens (including phenoxy) is 1. The van der Waals surface area contributed by atoms with Crippen LogP contribution in [0.5, 0.6) is 0 Å². The monoisotopic (exact) mass is 471 g/mol. The van der Waals surface area contributed by atoms with Gasteiger partial charge in [-0.15, -0.1) is 0 Å². The molecule has 0 bridgehead atoms. The second-order valence-corrected chi connectivity index (χ2v) is 8.35. The molecule has 2 heterocycles. The first-order valence-electron chi connectivity index (χ1n) is 11.5. The van der Waals surface area contributed by atoms with E-state index in [2.05, 4.69) is 40.1 Å². The van der Waals surface area contributed by atoms with E-state index in [1.54, 1.807) is 36.2 Å². The van der Waals surface area contributed by atoms with Crippen molar-refractivity contribution in [3.8, 4) is 0 Å². The van der Waals surface area contributed by atoms with Gasteiger partial charge in [0.25, 0.3) is 5.91 Å². The summed E-state index contributed by atoms with van der Waals surface area (Å²) in [7, 11) is 0. The van der Waals surface area contributed by atoms with Gasteiger partial charge in [0.05, 0.1) is 23.9 Å². The number of rotatable bonds is 6. The molecule has 0 spiro atoms. The molecular weight excluding hydrogens is 446 g/mol. The summed E-state index contributed by atoms with van der Waals surface area (Å²) in [6, 6.07) is 20.3. The summed E-state index contributed by atoms with van der Waals surface area (Å²) in [6.07, 6.45) is 2.08. The summed E-state index contributed by atoms with van der Waals surface area (Å²) >= 11 is 0. The molecule has 9 nitrogen and oxygen atoms in total. The number of hydrogen-bond acceptors (Lipinski definition) is 7. The van der Waals surface area contributed by atoms with E-state index in [4.69, 9.17) is 4.74 Å². The van der Waals surface area contributed by atoms with Crippen LogP contribution in [0.4, 0.5) is 5.69 Å². The Bertz CT molecular complexity index is 1320. The molecule has 5 rings (SSSR count). The third-order valence-electron chi connectivity index (χ3n) is 6.14. The highest BCUT2D eigenvalue weighted by molar-refractivity contribution is 6.03. The highest BCUT2D eigenvalue weighted by Gasteiger charge is 2.41. The van der Waals surface area contributed by atoms with Crippen LogP contribution in [0.15, 0.2) is 71.8 Å². The minimum Gasteiger partial charge on any atom is -0.462 e. The maximum atomic E-state index is 13.2. The number of benzene rings is 3. The van der Waals surface area contributed by atoms with Gasteiger partial charge in [0, 0.05) is 0 Å². The topological polar surface area (TPSA) is 103 Å². The van der Waals surface area contributed by atoms with Gasteiger partial charge in [-0.3, -0.25) is 14.6 Å². The zero-order valence-electron chi connectivity index (χ0n) is 19.2. The molecule has 35 heavy (non-hydrogen) atoms. The first-order valence-corrected chi connectivity index (χ1v) is 11.5. The predicted molar refractivity (Wildman–Crippen MR) is 131 cm³/mol. The Labute approximate surface area is 202 Å². The minimum absolute atomic E-state index is 0.0632. The Morgan fingerprint density at radius 3 is 2.71 bits per heavy atom. The van der Waals surface area contributed by atoms with Crippen LogP contribution >= 0.6 is 0 Å². The third-order valence-corrected chi connectivity index (χ3v) is 6.14. The SMILES string of the molecule is CCOC(=O)c1ccccc1NC(=O)CN1N=CN2NC(c3cccc4ccccc34)CC2C1=O. The van der Waals surface area contributed by atoms with Gasteiger partial charge in [-0.05, 0) is 41.8 Å². The summed E-state index contributed by atoms with van der Waals surface area (Å²) in [6.45, 7) is 1.67. The van der Waals surface area contributed by atoms with Crippen LogP contribution in [-0.4, -0.2) is 53.3 Å². The van der Waals surface area contributed by atoms with Crippen molar-refractivity contribution in [3.05, 3.63) is 77.9 Å². The summed E-state index contributed by atoms with van der Waals surface area (Å²) in [5, 5.41) is 12.0. The zero-order chi connectivity index (χ0) is 24.4. The fourth-order valence-electron chi connectivity index (χ4n) is 4.51. The van der Waals surface area contributed by atoms with Crippen molar-refractivity contribution in [2.24, 2.45) is 5.10 Å². The van der Waals surface area contributed by atoms with Gasteiger partial charge < -0.3 is 10.1 Å². The number of carbonyl (C=O) groups excluding carboxylic acids is 3. The summed E-state index contributed by atoms with van der Waals surface area (Å²) in [4.78, 5) is 38.1. The molecule has 2 amide bonds. The maximum Gasteiger partial charge on any atom is 0.340 e. The maximum absolute atomic E-state index is 13.2. The molecule has 2 aliphatic heterocycles. The van der Waals surface area contributed by atoms with Crippen molar-refractivity contribution in [2.75, 3.05) is 18.5 Å². The normalized spacial score (nSPS) is 19.1. The second kappa shape index (κ2) is 9.55. The molecule has 2 unspecified atom stereocenters. The number of amides is 2. The van der Waals surface area contributed by atoms with Gasteiger partial charge in [-0.2, -0.15) is 5.10 Å². The smallest absolute Gasteiger partial charge is 0.340 e. The van der Waals surface area contributed by atoms with Crippen LogP contribution in [0.3, 0.4) is 0 Å². The first kappa shape index (κ1) is 22.5. The van der Waals surface area contributed by atoms with Crippen LogP contribution in [0, 0.1) is 0 Å². The van der Waals surface area contributed by atoms with E-state index in [-0.39, 0.29) is 30.7 Å². The molecule has 3 aromatic carbocycles. The number of fused-ring (bicyclic) bond motifs is 2. The molecule has 0 saturated carbocycles. The number of carbonyl (C=O) groups is 3. The fraction of sp³-hybridized carbons (Fsp3) is 0.231. The van der Waals surface area contributed by atoms with Gasteiger partial charge in [-0.25, -0.2) is 15.2 Å². The molecular formula is C26H25N5O4. The largest absolute Gasteiger partial charge is 0.462 e. The average Bonchev–Trinajstić information content (AvgIpc) is 3.31. The van der Waals surface area contributed by atoms with E-state index in [1.807, 2.05) is 18.2 Å². The standard InChI is InChI=1S/C26H25N5O4/c1-2-35-26(34)20-11-5-6-13-21(20)28-24(32)15-30-25(33)23-14-22(29-31(23)16-27-30)19-12-7-9-17-8-3-4-10-18(17)19/h3-13,16,22-23,29H,2,14-15H2,1H3,(H,28,32). The van der Waals surface area contributed by atoms with Crippen molar-refractivity contribution in [2.45, 2.75) is 25.4 Å². The molecule has 178 valence electrons. The molecule has 2 aliphatic rings. The molecule has 3 aromatic rings. The van der Waals surface area contributed by atoms with Crippen LogP contribution in [0.2, 0.25) is 0 Å². The van der Waals surface area contributed by atoms with Crippen LogP contribution in [-0.2, 0) is 14.3 Å². The van der Waals surface area contributed by atoms with Crippen LogP contribution < -0.4 is 10.7 Å². The van der Waals surface area contributed by atoms with Crippen molar-refractivity contribution in [1.82, 2.24) is 15.4 Å². The van der Waals surface area contributed by atoms with Crippen LogP contribution in [0.1, 0.15) is 35.3 Å². The lowest BCUT2D eigenvalue weighted by atomic mass is 9.96. The Morgan fingerprint density at radius 1 is 1.09 bits per heavy atom. The number of anilines is 1. The third kappa shape index (κ3) is 4.45. The highest BCUT2D eigenvalue weighted by atomic mass is 16.5. The molecule has 0 radical (unpaired) electrons.